The summed E-state index contributed by atoms with van der Waals surface area (Å²) < 4.78 is 4.63. The fourth-order valence-corrected chi connectivity index (χ4v) is 0.906. The molecule has 0 amide bonds. The van der Waals surface area contributed by atoms with Gasteiger partial charge in [-0.2, -0.15) is 0 Å². The average Bonchev–Trinajstić information content (AvgIpc) is 1.81. The molecule has 0 spiro atoms. The molecule has 0 radical (unpaired) electrons. The number of aliphatic carboxylic acids is 1. The second-order valence-corrected chi connectivity index (χ2v) is 2.49. The minimum absolute atomic E-state index is 0.188. The van der Waals surface area contributed by atoms with Crippen LogP contribution in [0.4, 0.5) is 0 Å². The molecule has 0 aromatic carbocycles. The third kappa shape index (κ3) is 2.23. The zero-order chi connectivity index (χ0) is 9.14. The smallest absolute Gasteiger partial charge is 0.336 e. The lowest BCUT2D eigenvalue weighted by Gasteiger charge is -1.95. The molecule has 64 valence electrons. The van der Waals surface area contributed by atoms with Gasteiger partial charge in [0.15, 0.2) is 0 Å². The zero-order valence-electron chi connectivity index (χ0n) is 6.53. The first-order chi connectivity index (χ1) is 5.58. The van der Waals surface area contributed by atoms with E-state index in [1.807, 2.05) is 0 Å². The Kier molecular flexibility index (Phi) is 2.28. The minimum Gasteiger partial charge on any atom is -0.481 e. The van der Waals surface area contributed by atoms with Crippen LogP contribution in [-0.2, 0) is 11.2 Å². The SMILES string of the molecule is Cc1cc(CC(=O)O)oc(=O)c1. The Morgan fingerprint density at radius 1 is 1.58 bits per heavy atom. The molecule has 0 aliphatic carbocycles. The number of hydrogen-bond donors (Lipinski definition) is 1. The second-order valence-electron chi connectivity index (χ2n) is 2.49. The third-order valence-electron chi connectivity index (χ3n) is 1.29. The van der Waals surface area contributed by atoms with Crippen molar-refractivity contribution in [2.45, 2.75) is 13.3 Å². The molecule has 0 bridgehead atoms. The quantitative estimate of drug-likeness (QED) is 0.701. The van der Waals surface area contributed by atoms with Gasteiger partial charge in [0.2, 0.25) is 0 Å². The van der Waals surface area contributed by atoms with E-state index in [0.29, 0.717) is 5.56 Å². The van der Waals surface area contributed by atoms with E-state index >= 15 is 0 Å². The summed E-state index contributed by atoms with van der Waals surface area (Å²) in [6, 6.07) is 2.85. The molecule has 0 saturated carbocycles. The Balaban J connectivity index is 3.01. The molecule has 0 fully saturated rings. The Morgan fingerprint density at radius 2 is 2.25 bits per heavy atom. The molecule has 1 rings (SSSR count). The maximum Gasteiger partial charge on any atom is 0.336 e. The summed E-state index contributed by atoms with van der Waals surface area (Å²) in [6.07, 6.45) is -0.253. The highest BCUT2D eigenvalue weighted by molar-refractivity contribution is 5.69. The van der Waals surface area contributed by atoms with Crippen molar-refractivity contribution in [1.29, 1.82) is 0 Å². The van der Waals surface area contributed by atoms with Gasteiger partial charge in [0.25, 0.3) is 0 Å². The van der Waals surface area contributed by atoms with E-state index in [1.165, 1.54) is 12.1 Å². The van der Waals surface area contributed by atoms with Crippen molar-refractivity contribution in [2.24, 2.45) is 0 Å². The summed E-state index contributed by atoms with van der Waals surface area (Å²) in [5, 5.41) is 8.39. The summed E-state index contributed by atoms with van der Waals surface area (Å²) in [7, 11) is 0. The molecule has 1 aromatic rings. The summed E-state index contributed by atoms with van der Waals surface area (Å²) in [5.41, 5.74) is 0.203. The third-order valence-corrected chi connectivity index (χ3v) is 1.29. The van der Waals surface area contributed by atoms with E-state index in [0.717, 1.165) is 0 Å². The van der Waals surface area contributed by atoms with Gasteiger partial charge >= 0.3 is 11.6 Å². The highest BCUT2D eigenvalue weighted by atomic mass is 16.4. The highest BCUT2D eigenvalue weighted by Gasteiger charge is 2.03. The van der Waals surface area contributed by atoms with Gasteiger partial charge in [-0.15, -0.1) is 0 Å². The lowest BCUT2D eigenvalue weighted by Crippen LogP contribution is -2.05. The van der Waals surface area contributed by atoms with E-state index in [2.05, 4.69) is 4.42 Å². The molecule has 12 heavy (non-hydrogen) atoms. The van der Waals surface area contributed by atoms with Crippen LogP contribution in [-0.4, -0.2) is 11.1 Å². The van der Waals surface area contributed by atoms with Crippen LogP contribution in [0.1, 0.15) is 11.3 Å². The van der Waals surface area contributed by atoms with Crippen LogP contribution < -0.4 is 5.63 Å². The molecule has 1 heterocycles. The predicted molar refractivity (Wildman–Crippen MR) is 41.1 cm³/mol. The summed E-state index contributed by atoms with van der Waals surface area (Å²) in [6.45, 7) is 1.71. The summed E-state index contributed by atoms with van der Waals surface area (Å²) >= 11 is 0. The largest absolute Gasteiger partial charge is 0.481 e. The van der Waals surface area contributed by atoms with Gasteiger partial charge in [0.05, 0.1) is 0 Å². The fraction of sp³-hybridized carbons (Fsp3) is 0.250. The standard InChI is InChI=1S/C8H8O4/c1-5-2-6(4-7(9)10)12-8(11)3-5/h2-3H,4H2,1H3,(H,9,10). The van der Waals surface area contributed by atoms with Gasteiger partial charge in [-0.25, -0.2) is 4.79 Å². The molecule has 1 N–H and O–H groups in total. The number of carboxylic acid groups (broad SMARTS) is 1. The van der Waals surface area contributed by atoms with E-state index < -0.39 is 11.6 Å². The first kappa shape index (κ1) is 8.52. The Bertz CT molecular complexity index is 350. The predicted octanol–water partition coefficient (Wildman–Crippen LogP) is 0.575. The molecule has 4 heteroatoms. The molecule has 4 nitrogen and oxygen atoms in total. The maximum atomic E-state index is 10.7. The van der Waals surface area contributed by atoms with E-state index in [1.54, 1.807) is 6.92 Å². The van der Waals surface area contributed by atoms with E-state index in [-0.39, 0.29) is 12.2 Å². The van der Waals surface area contributed by atoms with E-state index in [4.69, 9.17) is 5.11 Å². The number of carboxylic acids is 1. The number of hydrogen-bond acceptors (Lipinski definition) is 3. The van der Waals surface area contributed by atoms with Crippen LogP contribution in [0.15, 0.2) is 21.3 Å². The van der Waals surface area contributed by atoms with Gasteiger partial charge in [-0.3, -0.25) is 4.79 Å². The van der Waals surface area contributed by atoms with Crippen molar-refractivity contribution in [1.82, 2.24) is 0 Å². The van der Waals surface area contributed by atoms with Crippen molar-refractivity contribution in [2.75, 3.05) is 0 Å². The Morgan fingerprint density at radius 3 is 2.75 bits per heavy atom. The van der Waals surface area contributed by atoms with Crippen LogP contribution in [0.2, 0.25) is 0 Å². The van der Waals surface area contributed by atoms with Crippen molar-refractivity contribution in [3.8, 4) is 0 Å². The molecular formula is C8H8O4. The first-order valence-electron chi connectivity index (χ1n) is 3.40. The lowest BCUT2D eigenvalue weighted by molar-refractivity contribution is -0.136. The van der Waals surface area contributed by atoms with Crippen molar-refractivity contribution in [3.05, 3.63) is 33.9 Å². The van der Waals surface area contributed by atoms with Crippen LogP contribution in [0, 0.1) is 6.92 Å². The average molecular weight is 168 g/mol. The number of carbonyl (C=O) groups is 1. The molecule has 0 atom stereocenters. The fourth-order valence-electron chi connectivity index (χ4n) is 0.906. The second kappa shape index (κ2) is 3.21. The Hall–Kier alpha value is -1.58. The summed E-state index contributed by atoms with van der Waals surface area (Å²) in [4.78, 5) is 21.0. The minimum atomic E-state index is -1.01. The van der Waals surface area contributed by atoms with Crippen molar-refractivity contribution >= 4 is 5.97 Å². The van der Waals surface area contributed by atoms with Gasteiger partial charge in [0.1, 0.15) is 12.2 Å². The highest BCUT2D eigenvalue weighted by Crippen LogP contribution is 2.00. The molecule has 0 saturated heterocycles. The number of rotatable bonds is 2. The van der Waals surface area contributed by atoms with Gasteiger partial charge in [0, 0.05) is 6.07 Å². The van der Waals surface area contributed by atoms with Crippen molar-refractivity contribution < 1.29 is 14.3 Å². The molecule has 0 aliphatic heterocycles. The molecule has 1 aromatic heterocycles. The Labute approximate surface area is 68.4 Å². The van der Waals surface area contributed by atoms with Gasteiger partial charge in [-0.1, -0.05) is 0 Å². The zero-order valence-corrected chi connectivity index (χ0v) is 6.53. The maximum absolute atomic E-state index is 10.7. The van der Waals surface area contributed by atoms with Crippen molar-refractivity contribution in [3.63, 3.8) is 0 Å². The van der Waals surface area contributed by atoms with Crippen LogP contribution in [0.5, 0.6) is 0 Å². The normalized spacial score (nSPS) is 9.75. The summed E-state index contributed by atoms with van der Waals surface area (Å²) in [5.74, 6) is -0.823. The molecule has 0 unspecified atom stereocenters. The molecule has 0 aliphatic rings. The monoisotopic (exact) mass is 168 g/mol. The van der Waals surface area contributed by atoms with Gasteiger partial charge < -0.3 is 9.52 Å². The van der Waals surface area contributed by atoms with Crippen LogP contribution in [0.25, 0.3) is 0 Å². The van der Waals surface area contributed by atoms with Crippen LogP contribution >= 0.6 is 0 Å². The van der Waals surface area contributed by atoms with Crippen LogP contribution in [0.3, 0.4) is 0 Å². The number of aryl methyl sites for hydroxylation is 1. The first-order valence-corrected chi connectivity index (χ1v) is 3.40. The van der Waals surface area contributed by atoms with Gasteiger partial charge in [-0.05, 0) is 18.6 Å². The topological polar surface area (TPSA) is 67.5 Å². The molecular weight excluding hydrogens is 160 g/mol. The lowest BCUT2D eigenvalue weighted by atomic mass is 10.2. The van der Waals surface area contributed by atoms with E-state index in [9.17, 15) is 9.59 Å².